The van der Waals surface area contributed by atoms with E-state index in [0.29, 0.717) is 0 Å². The van der Waals surface area contributed by atoms with Crippen LogP contribution in [0.4, 0.5) is 0 Å². The maximum absolute atomic E-state index is 0. The van der Waals surface area contributed by atoms with Gasteiger partial charge in [-0.1, -0.05) is 0 Å². The summed E-state index contributed by atoms with van der Waals surface area (Å²) in [6.07, 6.45) is 0. The minimum atomic E-state index is 0. The van der Waals surface area contributed by atoms with E-state index in [-0.39, 0.29) is 359 Å². The molecule has 0 heterocycles. The van der Waals surface area contributed by atoms with Crippen molar-refractivity contribution in [2.75, 3.05) is 0 Å². The van der Waals surface area contributed by atoms with Crippen molar-refractivity contribution in [3.05, 3.63) is 0 Å². The van der Waals surface area contributed by atoms with Gasteiger partial charge < -0.3 is 14.3 Å². The number of rotatable bonds is 0. The van der Waals surface area contributed by atoms with E-state index in [1.807, 2.05) is 0 Å². The van der Waals surface area contributed by atoms with Crippen molar-refractivity contribution in [1.29, 1.82) is 0 Å². The van der Waals surface area contributed by atoms with E-state index in [9.17, 15) is 0 Å². The van der Waals surface area contributed by atoms with E-state index in [1.54, 1.807) is 0 Å². The van der Waals surface area contributed by atoms with Crippen LogP contribution in [-0.4, -0.2) is 69.2 Å². The van der Waals surface area contributed by atoms with Crippen LogP contribution in [0.3, 0.4) is 0 Å². The molecular weight excluding hydrogens is 605 g/mol. The molecule has 0 saturated carbocycles. The number of hydrogen-bond donors (Lipinski definition) is 0. The first-order valence-corrected chi connectivity index (χ1v) is 0. The fourth-order valence-electron chi connectivity index (χ4n) is 0. The van der Waals surface area contributed by atoms with E-state index in [2.05, 4.69) is 0 Å². The molecule has 0 atom stereocenters. The average molecular weight is 625 g/mol. The summed E-state index contributed by atoms with van der Waals surface area (Å²) >= 11 is 0. The normalized spacial score (nSPS) is 0. The van der Waals surface area contributed by atoms with Crippen molar-refractivity contribution in [3.8, 4) is 0 Å². The topological polar surface area (TPSA) is 0 Å². The van der Waals surface area contributed by atoms with E-state index in [1.165, 1.54) is 0 Å². The summed E-state index contributed by atoms with van der Waals surface area (Å²) in [7, 11) is 0. The maximum Gasteiger partial charge on any atom is 2.00 e. The van der Waals surface area contributed by atoms with Crippen LogP contribution in [0.15, 0.2) is 0 Å². The molecule has 0 aromatic carbocycles. The minimum absolute atomic E-state index is 0. The van der Waals surface area contributed by atoms with E-state index in [4.69, 9.17) is 0 Å². The van der Waals surface area contributed by atoms with Gasteiger partial charge in [-0.25, -0.2) is 0 Å². The van der Waals surface area contributed by atoms with E-state index >= 15 is 0 Å². The van der Waals surface area contributed by atoms with Crippen LogP contribution in [0.1, 0.15) is 14.3 Å². The monoisotopic (exact) mass is 624 g/mol. The van der Waals surface area contributed by atoms with Crippen LogP contribution in [0.25, 0.3) is 0 Å². The molecule has 0 spiro atoms. The quantitative estimate of drug-likeness (QED) is 0.235. The zero-order chi connectivity index (χ0) is 0. The Bertz CT molecular complexity index is 23.5. The van der Waals surface area contributed by atoms with E-state index in [0.717, 1.165) is 0 Å². The SMILES string of the molecule is [2H-].[2H-].[2H-].[2H-].[2H-].[2H-].[2H-].[2H-].[2H-].[2H-].[Cs+].[Cs+].[Cs+].[Cs+].[Mg+2].[Mg+2].[Mg+2]. The third-order valence-corrected chi connectivity index (χ3v) is 0. The molecule has 0 bridgehead atoms. The second-order valence-corrected chi connectivity index (χ2v) is 0. The van der Waals surface area contributed by atoms with Crippen LogP contribution in [0.5, 0.6) is 0 Å². The minimum Gasteiger partial charge on any atom is -1.00 e. The molecule has 0 nitrogen and oxygen atoms in total. The molecule has 0 amide bonds. The van der Waals surface area contributed by atoms with Gasteiger partial charge in [-0.2, -0.15) is 0 Å². The molecule has 0 aromatic rings. The molecule has 20 valence electrons. The summed E-state index contributed by atoms with van der Waals surface area (Å²) in [4.78, 5) is 0. The Morgan fingerprint density at radius 1 is 0.429 bits per heavy atom. The Hall–Kier alpha value is 10.5. The van der Waals surface area contributed by atoms with Crippen LogP contribution < -0.4 is 276 Å². The second-order valence-electron chi connectivity index (χ2n) is 0. The van der Waals surface area contributed by atoms with Crippen molar-refractivity contribution >= 4 is 69.2 Å². The summed E-state index contributed by atoms with van der Waals surface area (Å²) in [6, 6.07) is 0. The molecule has 7 heavy (non-hydrogen) atoms. The second kappa shape index (κ2) is 36.0. The molecule has 0 saturated heterocycles. The Labute approximate surface area is 344 Å². The molecule has 0 unspecified atom stereocenters. The predicted octanol–water partition coefficient (Wildman–Crippen LogP) is -12.0. The van der Waals surface area contributed by atoms with Crippen LogP contribution in [0, 0.1) is 0 Å². The average Bonchev–Trinajstić information content (AvgIpc) is 0. The van der Waals surface area contributed by atoms with Gasteiger partial charge in [0.25, 0.3) is 0 Å². The van der Waals surface area contributed by atoms with Crippen molar-refractivity contribution < 1.29 is 290 Å². The predicted molar refractivity (Wildman–Crippen MR) is 28.4 cm³/mol. The van der Waals surface area contributed by atoms with Gasteiger partial charge in [0.1, 0.15) is 0 Å². The molecule has 0 radical (unpaired) electrons. The van der Waals surface area contributed by atoms with Gasteiger partial charge >= 0.3 is 345 Å². The van der Waals surface area contributed by atoms with Crippen molar-refractivity contribution in [3.63, 3.8) is 0 Å². The molecule has 0 aliphatic rings. The molecule has 0 fully saturated rings. The van der Waals surface area contributed by atoms with Gasteiger partial charge in [0.15, 0.2) is 0 Å². The Morgan fingerprint density at radius 3 is 0.429 bits per heavy atom. The first-order valence-electron chi connectivity index (χ1n) is 0. The fraction of sp³-hybridized carbons (Fsp3) is 0. The van der Waals surface area contributed by atoms with Crippen molar-refractivity contribution in [2.45, 2.75) is 0 Å². The Morgan fingerprint density at radius 2 is 0.429 bits per heavy atom. The molecule has 0 aliphatic carbocycles. The van der Waals surface area contributed by atoms with Gasteiger partial charge in [-0.05, 0) is 0 Å². The smallest absolute Gasteiger partial charge is 1.00 e. The standard InChI is InChI=1S/4Cs.3Mg.10H/q4*+1;3*+2;10*-1/i;;;;;;;10*1+1. The molecule has 0 aromatic heterocycles. The van der Waals surface area contributed by atoms with Gasteiger partial charge in [0.05, 0.1) is 0 Å². The summed E-state index contributed by atoms with van der Waals surface area (Å²) in [6.45, 7) is 0. The first kappa shape index (κ1) is 43.2. The summed E-state index contributed by atoms with van der Waals surface area (Å²) in [5, 5.41) is 0. The van der Waals surface area contributed by atoms with Crippen LogP contribution in [-0.2, 0) is 0 Å². The van der Waals surface area contributed by atoms with Crippen molar-refractivity contribution in [1.82, 2.24) is 0 Å². The van der Waals surface area contributed by atoms with Crippen molar-refractivity contribution in [2.24, 2.45) is 0 Å². The molecule has 7 heteroatoms. The Kier molecular flexibility index (Phi) is 222. The molecular formula is H10Cs4Mg3. The maximum atomic E-state index is 0. The van der Waals surface area contributed by atoms with Gasteiger partial charge in [0, 0.05) is 0 Å². The van der Waals surface area contributed by atoms with E-state index < -0.39 is 0 Å². The van der Waals surface area contributed by atoms with Crippen LogP contribution >= 0.6 is 0 Å². The summed E-state index contributed by atoms with van der Waals surface area (Å²) in [5.41, 5.74) is 0. The third-order valence-electron chi connectivity index (χ3n) is 0. The largest absolute Gasteiger partial charge is 2.00 e. The zero-order valence-electron chi connectivity index (χ0n) is 16.1. The van der Waals surface area contributed by atoms with Crippen LogP contribution in [0.2, 0.25) is 0 Å². The summed E-state index contributed by atoms with van der Waals surface area (Å²) < 4.78 is 0. The fourth-order valence-corrected chi connectivity index (χ4v) is 0. The van der Waals surface area contributed by atoms with Gasteiger partial charge in [-0.15, -0.1) is 0 Å². The van der Waals surface area contributed by atoms with Gasteiger partial charge in [-0.3, -0.25) is 0 Å². The molecule has 0 aliphatic heterocycles. The van der Waals surface area contributed by atoms with Gasteiger partial charge in [0.2, 0.25) is 0 Å². The summed E-state index contributed by atoms with van der Waals surface area (Å²) in [5.74, 6) is 0. The zero-order valence-corrected chi connectivity index (χ0v) is 35.5. The number of hydrogen-bond acceptors (Lipinski definition) is 0. The first-order chi connectivity index (χ1) is 0. The Balaban J connectivity index is 0. The molecule has 0 rings (SSSR count). The third kappa shape index (κ3) is 31.5. The molecule has 0 N–H and O–H groups in total.